The number of rotatable bonds is 0. The molecule has 17 heavy (non-hydrogen) atoms. The minimum atomic E-state index is 0.704. The lowest BCUT2D eigenvalue weighted by Crippen LogP contribution is -1.93. The Balaban J connectivity index is 0.000000514. The molecule has 1 atom stereocenters. The van der Waals surface area contributed by atoms with Crippen LogP contribution in [0.2, 0.25) is 0 Å². The Morgan fingerprint density at radius 2 is 1.88 bits per heavy atom. The molecule has 0 aliphatic heterocycles. The molecule has 1 aromatic heterocycles. The molecule has 1 aromatic carbocycles. The minimum Gasteiger partial charge on any atom is -0.358 e. The van der Waals surface area contributed by atoms with Crippen molar-refractivity contribution >= 4 is 10.9 Å². The van der Waals surface area contributed by atoms with Gasteiger partial charge in [0.15, 0.2) is 0 Å². The number of aryl methyl sites for hydroxylation is 1. The minimum absolute atomic E-state index is 0.704. The molecule has 3 rings (SSSR count). The van der Waals surface area contributed by atoms with Gasteiger partial charge in [-0.2, -0.15) is 0 Å². The summed E-state index contributed by atoms with van der Waals surface area (Å²) in [6.45, 7) is 6.35. The van der Waals surface area contributed by atoms with Crippen LogP contribution in [0.1, 0.15) is 57.2 Å². The number of hydrogen-bond acceptors (Lipinski definition) is 0. The van der Waals surface area contributed by atoms with Gasteiger partial charge in [0.2, 0.25) is 0 Å². The molecule has 0 bridgehead atoms. The van der Waals surface area contributed by atoms with Crippen LogP contribution in [-0.2, 0) is 6.42 Å². The fourth-order valence-corrected chi connectivity index (χ4v) is 2.81. The molecule has 0 saturated heterocycles. The summed E-state index contributed by atoms with van der Waals surface area (Å²) < 4.78 is 0. The van der Waals surface area contributed by atoms with E-state index in [1.165, 1.54) is 42.3 Å². The Kier molecular flexibility index (Phi) is 3.88. The van der Waals surface area contributed by atoms with E-state index in [-0.39, 0.29) is 0 Å². The fourth-order valence-electron chi connectivity index (χ4n) is 2.81. The van der Waals surface area contributed by atoms with Crippen LogP contribution >= 0.6 is 0 Å². The molecule has 0 saturated carbocycles. The highest BCUT2D eigenvalue weighted by molar-refractivity contribution is 5.84. The zero-order valence-electron chi connectivity index (χ0n) is 11.2. The maximum Gasteiger partial charge on any atom is 0.0459 e. The van der Waals surface area contributed by atoms with Gasteiger partial charge >= 0.3 is 0 Å². The predicted molar refractivity (Wildman–Crippen MR) is 75.6 cm³/mol. The van der Waals surface area contributed by atoms with Gasteiger partial charge in [0.25, 0.3) is 0 Å². The quantitative estimate of drug-likeness (QED) is 0.610. The number of aromatic amines is 1. The lowest BCUT2D eigenvalue weighted by molar-refractivity contribution is 0.626. The summed E-state index contributed by atoms with van der Waals surface area (Å²) >= 11 is 0. The summed E-state index contributed by atoms with van der Waals surface area (Å²) in [6.07, 6.45) is 5.31. The SMILES string of the molecule is CC.CC1CCCCc2c1[nH]c1ccccc21. The molecule has 92 valence electrons. The molecule has 1 heterocycles. The zero-order chi connectivity index (χ0) is 12.3. The Bertz CT molecular complexity index is 481. The fraction of sp³-hybridized carbons (Fsp3) is 0.500. The number of aromatic nitrogens is 1. The van der Waals surface area contributed by atoms with Crippen molar-refractivity contribution in [1.29, 1.82) is 0 Å². The van der Waals surface area contributed by atoms with Gasteiger partial charge in [-0.25, -0.2) is 0 Å². The van der Waals surface area contributed by atoms with E-state index in [1.54, 1.807) is 5.56 Å². The lowest BCUT2D eigenvalue weighted by Gasteiger charge is -2.06. The molecule has 0 radical (unpaired) electrons. The molecule has 1 aliphatic rings. The van der Waals surface area contributed by atoms with Gasteiger partial charge in [0.05, 0.1) is 0 Å². The van der Waals surface area contributed by atoms with Crippen LogP contribution in [-0.4, -0.2) is 4.98 Å². The Morgan fingerprint density at radius 3 is 2.71 bits per heavy atom. The van der Waals surface area contributed by atoms with Crippen molar-refractivity contribution in [3.05, 3.63) is 35.5 Å². The Hall–Kier alpha value is -1.24. The molecule has 0 amide bonds. The van der Waals surface area contributed by atoms with E-state index in [1.807, 2.05) is 13.8 Å². The molecule has 2 aromatic rings. The largest absolute Gasteiger partial charge is 0.358 e. The van der Waals surface area contributed by atoms with Crippen molar-refractivity contribution in [2.75, 3.05) is 0 Å². The average molecular weight is 229 g/mol. The van der Waals surface area contributed by atoms with E-state index < -0.39 is 0 Å². The number of benzene rings is 1. The number of nitrogens with one attached hydrogen (secondary N) is 1. The first-order valence-corrected chi connectivity index (χ1v) is 6.96. The van der Waals surface area contributed by atoms with E-state index in [0.29, 0.717) is 5.92 Å². The predicted octanol–water partition coefficient (Wildman–Crippen LogP) is 5.02. The smallest absolute Gasteiger partial charge is 0.0459 e. The monoisotopic (exact) mass is 229 g/mol. The summed E-state index contributed by atoms with van der Waals surface area (Å²) in [7, 11) is 0. The van der Waals surface area contributed by atoms with Crippen molar-refractivity contribution in [2.24, 2.45) is 0 Å². The molecular weight excluding hydrogens is 206 g/mol. The maximum absolute atomic E-state index is 3.61. The Morgan fingerprint density at radius 1 is 1.12 bits per heavy atom. The summed E-state index contributed by atoms with van der Waals surface area (Å²) in [5.74, 6) is 0.704. The highest BCUT2D eigenvalue weighted by Crippen LogP contribution is 2.34. The van der Waals surface area contributed by atoms with Gasteiger partial charge in [-0.3, -0.25) is 0 Å². The first kappa shape index (κ1) is 12.2. The van der Waals surface area contributed by atoms with Crippen LogP contribution in [0.25, 0.3) is 10.9 Å². The van der Waals surface area contributed by atoms with E-state index in [2.05, 4.69) is 36.2 Å². The van der Waals surface area contributed by atoms with Crippen LogP contribution < -0.4 is 0 Å². The van der Waals surface area contributed by atoms with Gasteiger partial charge < -0.3 is 4.98 Å². The van der Waals surface area contributed by atoms with Crippen molar-refractivity contribution in [3.63, 3.8) is 0 Å². The number of fused-ring (bicyclic) bond motifs is 3. The van der Waals surface area contributed by atoms with Gasteiger partial charge in [-0.1, -0.05) is 45.4 Å². The lowest BCUT2D eigenvalue weighted by atomic mass is 10.0. The van der Waals surface area contributed by atoms with Crippen molar-refractivity contribution in [3.8, 4) is 0 Å². The third-order valence-electron chi connectivity index (χ3n) is 3.65. The molecule has 1 N–H and O–H groups in total. The van der Waals surface area contributed by atoms with E-state index in [4.69, 9.17) is 0 Å². The van der Waals surface area contributed by atoms with E-state index >= 15 is 0 Å². The molecule has 0 fully saturated rings. The topological polar surface area (TPSA) is 15.8 Å². The molecule has 1 nitrogen and oxygen atoms in total. The summed E-state index contributed by atoms with van der Waals surface area (Å²) in [6, 6.07) is 8.70. The van der Waals surface area contributed by atoms with Gasteiger partial charge in [0.1, 0.15) is 0 Å². The molecule has 1 unspecified atom stereocenters. The van der Waals surface area contributed by atoms with Crippen LogP contribution in [0.5, 0.6) is 0 Å². The molecule has 1 aliphatic carbocycles. The average Bonchev–Trinajstić information content (AvgIpc) is 2.66. The third kappa shape index (κ3) is 2.24. The van der Waals surface area contributed by atoms with E-state index in [0.717, 1.165) is 0 Å². The highest BCUT2D eigenvalue weighted by Gasteiger charge is 2.18. The number of H-pyrrole nitrogens is 1. The second kappa shape index (κ2) is 5.39. The first-order chi connectivity index (χ1) is 8.36. The summed E-state index contributed by atoms with van der Waals surface area (Å²) in [5, 5.41) is 1.45. The van der Waals surface area contributed by atoms with Crippen LogP contribution in [0.3, 0.4) is 0 Å². The summed E-state index contributed by atoms with van der Waals surface area (Å²) in [4.78, 5) is 3.61. The van der Waals surface area contributed by atoms with Gasteiger partial charge in [0, 0.05) is 16.6 Å². The normalized spacial score (nSPS) is 19.1. The highest BCUT2D eigenvalue weighted by atomic mass is 14.7. The zero-order valence-corrected chi connectivity index (χ0v) is 11.2. The molecule has 1 heteroatoms. The Labute approximate surface area is 104 Å². The van der Waals surface area contributed by atoms with Crippen molar-refractivity contribution in [1.82, 2.24) is 4.98 Å². The van der Waals surface area contributed by atoms with Crippen LogP contribution in [0, 0.1) is 0 Å². The van der Waals surface area contributed by atoms with Crippen LogP contribution in [0.4, 0.5) is 0 Å². The summed E-state index contributed by atoms with van der Waals surface area (Å²) in [5.41, 5.74) is 4.39. The second-order valence-corrected chi connectivity index (χ2v) is 4.71. The number of para-hydroxylation sites is 1. The van der Waals surface area contributed by atoms with Crippen molar-refractivity contribution in [2.45, 2.75) is 52.4 Å². The van der Waals surface area contributed by atoms with Crippen molar-refractivity contribution < 1.29 is 0 Å². The second-order valence-electron chi connectivity index (χ2n) is 4.71. The third-order valence-corrected chi connectivity index (χ3v) is 3.65. The number of hydrogen-bond donors (Lipinski definition) is 1. The van der Waals surface area contributed by atoms with Gasteiger partial charge in [-0.05, 0) is 36.8 Å². The standard InChI is InChI=1S/C14H17N.C2H6/c1-10-6-2-3-8-12-11-7-4-5-9-13(11)15-14(10)12;1-2/h4-5,7,9-10,15H,2-3,6,8H2,1H3;1-2H3. The van der Waals surface area contributed by atoms with Gasteiger partial charge in [-0.15, -0.1) is 0 Å². The molecular formula is C16H23N. The maximum atomic E-state index is 3.61. The van der Waals surface area contributed by atoms with E-state index in [9.17, 15) is 0 Å². The van der Waals surface area contributed by atoms with Crippen LogP contribution in [0.15, 0.2) is 24.3 Å². The first-order valence-electron chi connectivity index (χ1n) is 6.96. The molecule has 0 spiro atoms.